The quantitative estimate of drug-likeness (QED) is 0.691. The Balaban J connectivity index is 2.54. The van der Waals surface area contributed by atoms with E-state index in [2.05, 4.69) is 56.0 Å². The molecule has 0 N–H and O–H groups in total. The Morgan fingerprint density at radius 2 is 1.64 bits per heavy atom. The second kappa shape index (κ2) is 5.82. The van der Waals surface area contributed by atoms with Gasteiger partial charge < -0.3 is 4.90 Å². The van der Waals surface area contributed by atoms with E-state index in [1.54, 1.807) is 0 Å². The third kappa shape index (κ3) is 3.15. The highest BCUT2D eigenvalue weighted by molar-refractivity contribution is 5.18. The molecule has 78 valence electrons. The molecule has 0 aliphatic heterocycles. The lowest BCUT2D eigenvalue weighted by atomic mass is 10.0. The van der Waals surface area contributed by atoms with Crippen LogP contribution in [0, 0.1) is 0 Å². The Bertz CT molecular complexity index is 239. The summed E-state index contributed by atoms with van der Waals surface area (Å²) in [7, 11) is 0. The molecule has 0 radical (unpaired) electrons. The number of likely N-dealkylation sites (N-methyl/N-ethyl adjacent to an activating group) is 1. The fraction of sp³-hybridized carbons (Fsp3) is 0.538. The van der Waals surface area contributed by atoms with Crippen molar-refractivity contribution in [1.82, 2.24) is 4.90 Å². The van der Waals surface area contributed by atoms with Gasteiger partial charge in [0.05, 0.1) is 0 Å². The van der Waals surface area contributed by atoms with E-state index in [1.807, 2.05) is 0 Å². The number of hydrogen-bond acceptors (Lipinski definition) is 1. The maximum atomic E-state index is 2.47. The Morgan fingerprint density at radius 3 is 2.14 bits per heavy atom. The van der Waals surface area contributed by atoms with E-state index in [-0.39, 0.29) is 0 Å². The van der Waals surface area contributed by atoms with E-state index in [1.165, 1.54) is 5.56 Å². The minimum Gasteiger partial charge on any atom is -0.303 e. The van der Waals surface area contributed by atoms with Crippen LogP contribution in [0.1, 0.15) is 32.3 Å². The van der Waals surface area contributed by atoms with Crippen LogP contribution in [-0.2, 0) is 0 Å². The van der Waals surface area contributed by atoms with Crippen LogP contribution in [0.2, 0.25) is 0 Å². The van der Waals surface area contributed by atoms with E-state index >= 15 is 0 Å². The van der Waals surface area contributed by atoms with E-state index in [0.29, 0.717) is 5.92 Å². The van der Waals surface area contributed by atoms with E-state index in [0.717, 1.165) is 19.6 Å². The first-order valence-electron chi connectivity index (χ1n) is 5.55. The molecule has 1 aromatic carbocycles. The second-order valence-corrected chi connectivity index (χ2v) is 3.80. The lowest BCUT2D eigenvalue weighted by Crippen LogP contribution is -2.27. The molecule has 0 bridgehead atoms. The number of nitrogens with zero attached hydrogens (tertiary/aromatic N) is 1. The van der Waals surface area contributed by atoms with Gasteiger partial charge in [0.25, 0.3) is 0 Å². The first-order valence-corrected chi connectivity index (χ1v) is 5.55. The van der Waals surface area contributed by atoms with Crippen LogP contribution in [0.4, 0.5) is 0 Å². The summed E-state index contributed by atoms with van der Waals surface area (Å²) in [6.07, 6.45) is 0. The summed E-state index contributed by atoms with van der Waals surface area (Å²) in [6.45, 7) is 10.2. The molecule has 0 fully saturated rings. The molecule has 1 aromatic rings. The molecule has 1 rings (SSSR count). The van der Waals surface area contributed by atoms with Crippen LogP contribution in [0.25, 0.3) is 0 Å². The van der Waals surface area contributed by atoms with Crippen molar-refractivity contribution < 1.29 is 0 Å². The fourth-order valence-corrected chi connectivity index (χ4v) is 1.76. The second-order valence-electron chi connectivity index (χ2n) is 3.80. The summed E-state index contributed by atoms with van der Waals surface area (Å²) < 4.78 is 0. The molecule has 0 aliphatic carbocycles. The van der Waals surface area contributed by atoms with E-state index in [9.17, 15) is 0 Å². The number of benzene rings is 1. The van der Waals surface area contributed by atoms with E-state index in [4.69, 9.17) is 0 Å². The van der Waals surface area contributed by atoms with Crippen LogP contribution in [0.15, 0.2) is 30.3 Å². The maximum Gasteiger partial charge on any atom is 0.00474 e. The van der Waals surface area contributed by atoms with Crippen LogP contribution in [-0.4, -0.2) is 24.5 Å². The Morgan fingerprint density at radius 1 is 1.07 bits per heavy atom. The minimum absolute atomic E-state index is 0.635. The van der Waals surface area contributed by atoms with Crippen molar-refractivity contribution in [2.75, 3.05) is 19.6 Å². The molecule has 0 saturated heterocycles. The summed E-state index contributed by atoms with van der Waals surface area (Å²) >= 11 is 0. The summed E-state index contributed by atoms with van der Waals surface area (Å²) in [4.78, 5) is 2.47. The van der Waals surface area contributed by atoms with E-state index < -0.39 is 0 Å². The maximum absolute atomic E-state index is 2.47. The molecule has 0 saturated carbocycles. The molecular weight excluding hydrogens is 170 g/mol. The molecule has 0 heterocycles. The van der Waals surface area contributed by atoms with Gasteiger partial charge in [-0.3, -0.25) is 0 Å². The molecule has 14 heavy (non-hydrogen) atoms. The van der Waals surface area contributed by atoms with Gasteiger partial charge in [-0.2, -0.15) is 0 Å². The Kier molecular flexibility index (Phi) is 4.68. The van der Waals surface area contributed by atoms with Gasteiger partial charge in [-0.25, -0.2) is 0 Å². The van der Waals surface area contributed by atoms with Gasteiger partial charge in [0.2, 0.25) is 0 Å². The predicted molar refractivity (Wildman–Crippen MR) is 62.6 cm³/mol. The first-order chi connectivity index (χ1) is 6.77. The molecule has 0 unspecified atom stereocenters. The fourth-order valence-electron chi connectivity index (χ4n) is 1.76. The van der Waals surface area contributed by atoms with Gasteiger partial charge in [0, 0.05) is 6.54 Å². The average molecular weight is 191 g/mol. The highest BCUT2D eigenvalue weighted by atomic mass is 15.1. The number of rotatable bonds is 5. The Labute approximate surface area is 87.7 Å². The van der Waals surface area contributed by atoms with Crippen molar-refractivity contribution in [3.63, 3.8) is 0 Å². The minimum atomic E-state index is 0.635. The van der Waals surface area contributed by atoms with Gasteiger partial charge >= 0.3 is 0 Å². The molecule has 0 spiro atoms. The monoisotopic (exact) mass is 191 g/mol. The zero-order chi connectivity index (χ0) is 10.4. The highest BCUT2D eigenvalue weighted by Gasteiger charge is 2.08. The van der Waals surface area contributed by atoms with Crippen LogP contribution in [0.5, 0.6) is 0 Å². The molecule has 1 heteroatoms. The smallest absolute Gasteiger partial charge is 0.00474 e. The van der Waals surface area contributed by atoms with Gasteiger partial charge in [0.15, 0.2) is 0 Å². The van der Waals surface area contributed by atoms with Gasteiger partial charge in [-0.1, -0.05) is 51.1 Å². The van der Waals surface area contributed by atoms with Crippen LogP contribution in [0.3, 0.4) is 0 Å². The molecule has 0 amide bonds. The zero-order valence-corrected chi connectivity index (χ0v) is 9.53. The van der Waals surface area contributed by atoms with Crippen molar-refractivity contribution in [3.8, 4) is 0 Å². The standard InChI is InChI=1S/C13H21N/c1-4-14(5-2)11-12(3)13-9-7-6-8-10-13/h6-10,12H,4-5,11H2,1-3H3/t12-/m0/s1. The van der Waals surface area contributed by atoms with Crippen LogP contribution >= 0.6 is 0 Å². The molecule has 0 aromatic heterocycles. The van der Waals surface area contributed by atoms with Crippen molar-refractivity contribution >= 4 is 0 Å². The lowest BCUT2D eigenvalue weighted by molar-refractivity contribution is 0.288. The molecule has 1 atom stereocenters. The van der Waals surface area contributed by atoms with Crippen LogP contribution < -0.4 is 0 Å². The summed E-state index contributed by atoms with van der Waals surface area (Å²) in [6, 6.07) is 10.7. The zero-order valence-electron chi connectivity index (χ0n) is 9.53. The summed E-state index contributed by atoms with van der Waals surface area (Å²) in [5, 5.41) is 0. The number of hydrogen-bond donors (Lipinski definition) is 0. The normalized spacial score (nSPS) is 13.1. The van der Waals surface area contributed by atoms with Crippen molar-refractivity contribution in [2.24, 2.45) is 0 Å². The van der Waals surface area contributed by atoms with Crippen molar-refractivity contribution in [1.29, 1.82) is 0 Å². The average Bonchev–Trinajstić information content (AvgIpc) is 2.26. The third-order valence-electron chi connectivity index (χ3n) is 2.80. The van der Waals surface area contributed by atoms with Crippen molar-refractivity contribution in [2.45, 2.75) is 26.7 Å². The first kappa shape index (κ1) is 11.3. The Hall–Kier alpha value is -0.820. The highest BCUT2D eigenvalue weighted by Crippen LogP contribution is 2.15. The van der Waals surface area contributed by atoms with Gasteiger partial charge in [-0.05, 0) is 24.6 Å². The summed E-state index contributed by atoms with van der Waals surface area (Å²) in [5.41, 5.74) is 1.44. The lowest BCUT2D eigenvalue weighted by Gasteiger charge is -2.22. The van der Waals surface area contributed by atoms with Crippen molar-refractivity contribution in [3.05, 3.63) is 35.9 Å². The largest absolute Gasteiger partial charge is 0.303 e. The van der Waals surface area contributed by atoms with Gasteiger partial charge in [0.1, 0.15) is 0 Å². The molecule has 0 aliphatic rings. The van der Waals surface area contributed by atoms with Gasteiger partial charge in [-0.15, -0.1) is 0 Å². The summed E-state index contributed by atoms with van der Waals surface area (Å²) in [5.74, 6) is 0.635. The molecular formula is C13H21N. The molecule has 1 nitrogen and oxygen atoms in total. The predicted octanol–water partition coefficient (Wildman–Crippen LogP) is 3.13. The third-order valence-corrected chi connectivity index (χ3v) is 2.80. The SMILES string of the molecule is CCN(CC)C[C@H](C)c1ccccc1. The topological polar surface area (TPSA) is 3.24 Å².